The van der Waals surface area contributed by atoms with Gasteiger partial charge in [-0.2, -0.15) is 0 Å². The number of nitrogens with two attached hydrogens (primary N) is 1. The zero-order valence-corrected chi connectivity index (χ0v) is 8.68. The lowest BCUT2D eigenvalue weighted by molar-refractivity contribution is 0.597. The van der Waals surface area contributed by atoms with Crippen molar-refractivity contribution in [3.8, 4) is 0 Å². The third kappa shape index (κ3) is 1.95. The first-order valence-corrected chi connectivity index (χ1v) is 5.71. The molecule has 1 rings (SSSR count). The second kappa shape index (κ2) is 3.02. The molecule has 66 valence electrons. The molecule has 0 aliphatic rings. The Kier molecular flexibility index (Phi) is 2.39. The molecule has 0 saturated heterocycles. The highest BCUT2D eigenvalue weighted by Gasteiger charge is 2.12. The number of sulfone groups is 1. The molecule has 0 aromatic carbocycles. The molecule has 0 aliphatic heterocycles. The molecule has 1 heterocycles. The van der Waals surface area contributed by atoms with Crippen molar-refractivity contribution in [2.75, 3.05) is 12.0 Å². The number of halogens is 1. The third-order valence-electron chi connectivity index (χ3n) is 1.18. The molecule has 1 aromatic heterocycles. The Hall–Kier alpha value is -0.620. The summed E-state index contributed by atoms with van der Waals surface area (Å²) in [6.45, 7) is 0. The van der Waals surface area contributed by atoms with E-state index in [9.17, 15) is 8.42 Å². The van der Waals surface area contributed by atoms with Crippen LogP contribution in [0.4, 0.5) is 5.69 Å². The van der Waals surface area contributed by atoms with Crippen LogP contribution in [0.3, 0.4) is 0 Å². The van der Waals surface area contributed by atoms with E-state index in [1.54, 1.807) is 0 Å². The van der Waals surface area contributed by atoms with Crippen molar-refractivity contribution in [1.29, 1.82) is 0 Å². The molecule has 1 aromatic rings. The molecule has 0 unspecified atom stereocenters. The molecule has 0 saturated carbocycles. The zero-order valence-electron chi connectivity index (χ0n) is 6.28. The van der Waals surface area contributed by atoms with Gasteiger partial charge in [0.15, 0.2) is 14.9 Å². The predicted octanol–water partition coefficient (Wildman–Crippen LogP) is 0.830. The van der Waals surface area contributed by atoms with Crippen LogP contribution in [0.15, 0.2) is 21.8 Å². The van der Waals surface area contributed by atoms with Crippen molar-refractivity contribution in [2.45, 2.75) is 5.03 Å². The number of hydrogen-bond acceptors (Lipinski definition) is 4. The molecule has 0 aliphatic carbocycles. The molecular formula is C6H7BrN2O2S. The second-order valence-corrected chi connectivity index (χ2v) is 5.11. The van der Waals surface area contributed by atoms with Crippen molar-refractivity contribution in [1.82, 2.24) is 4.98 Å². The first-order valence-electron chi connectivity index (χ1n) is 3.02. The number of hydrogen-bond donors (Lipinski definition) is 1. The van der Waals surface area contributed by atoms with Gasteiger partial charge >= 0.3 is 0 Å². The van der Waals surface area contributed by atoms with E-state index in [2.05, 4.69) is 20.9 Å². The van der Waals surface area contributed by atoms with Crippen LogP contribution < -0.4 is 5.73 Å². The maximum atomic E-state index is 11.0. The van der Waals surface area contributed by atoms with Gasteiger partial charge in [0, 0.05) is 6.26 Å². The quantitative estimate of drug-likeness (QED) is 0.802. The number of anilines is 1. The van der Waals surface area contributed by atoms with Crippen molar-refractivity contribution in [3.05, 3.63) is 16.7 Å². The molecule has 0 amide bonds. The van der Waals surface area contributed by atoms with Gasteiger partial charge in [0.05, 0.1) is 16.4 Å². The number of nitrogens with zero attached hydrogens (tertiary/aromatic N) is 1. The van der Waals surface area contributed by atoms with Crippen LogP contribution in [0.1, 0.15) is 0 Å². The minimum atomic E-state index is -3.26. The van der Waals surface area contributed by atoms with Crippen LogP contribution in [0.25, 0.3) is 0 Å². The summed E-state index contributed by atoms with van der Waals surface area (Å²) < 4.78 is 22.5. The number of aromatic nitrogens is 1. The van der Waals surface area contributed by atoms with Crippen molar-refractivity contribution < 1.29 is 8.42 Å². The van der Waals surface area contributed by atoms with Crippen LogP contribution in [0.5, 0.6) is 0 Å². The number of nitrogen functional groups attached to an aromatic ring is 1. The maximum absolute atomic E-state index is 11.0. The fourth-order valence-corrected chi connectivity index (χ4v) is 2.62. The summed E-state index contributed by atoms with van der Waals surface area (Å²) in [6, 6.07) is 1.50. The molecule has 0 atom stereocenters. The Labute approximate surface area is 78.8 Å². The average Bonchev–Trinajstić information content (AvgIpc) is 1.83. The standard InChI is InChI=1S/C6H7BrN2O2S/c1-12(10,11)6-5(7)2-4(8)3-9-6/h2-3H,8H2,1H3. The molecule has 12 heavy (non-hydrogen) atoms. The highest BCUT2D eigenvalue weighted by atomic mass is 79.9. The average molecular weight is 251 g/mol. The van der Waals surface area contributed by atoms with Crippen molar-refractivity contribution in [2.24, 2.45) is 0 Å². The molecule has 2 N–H and O–H groups in total. The summed E-state index contributed by atoms with van der Waals surface area (Å²) in [5.41, 5.74) is 5.81. The van der Waals surface area contributed by atoms with Crippen LogP contribution in [0, 0.1) is 0 Å². The first kappa shape index (κ1) is 9.47. The van der Waals surface area contributed by atoms with Gasteiger partial charge in [-0.05, 0) is 22.0 Å². The Morgan fingerprint density at radius 3 is 2.58 bits per heavy atom. The molecule has 0 radical (unpaired) electrons. The largest absolute Gasteiger partial charge is 0.397 e. The number of rotatable bonds is 1. The van der Waals surface area contributed by atoms with Crippen LogP contribution in [0.2, 0.25) is 0 Å². The molecule has 4 nitrogen and oxygen atoms in total. The van der Waals surface area contributed by atoms with E-state index in [0.29, 0.717) is 10.2 Å². The Morgan fingerprint density at radius 2 is 2.17 bits per heavy atom. The first-order chi connectivity index (χ1) is 5.41. The normalized spacial score (nSPS) is 11.5. The van der Waals surface area contributed by atoms with E-state index < -0.39 is 9.84 Å². The van der Waals surface area contributed by atoms with E-state index in [0.717, 1.165) is 6.26 Å². The van der Waals surface area contributed by atoms with E-state index in [1.165, 1.54) is 12.3 Å². The van der Waals surface area contributed by atoms with Gasteiger partial charge in [-0.15, -0.1) is 0 Å². The summed E-state index contributed by atoms with van der Waals surface area (Å²) in [5.74, 6) is 0. The van der Waals surface area contributed by atoms with Crippen LogP contribution in [-0.4, -0.2) is 19.7 Å². The van der Waals surface area contributed by atoms with E-state index >= 15 is 0 Å². The lowest BCUT2D eigenvalue weighted by atomic mass is 10.4. The summed E-state index contributed by atoms with van der Waals surface area (Å²) >= 11 is 3.06. The predicted molar refractivity (Wildman–Crippen MR) is 49.5 cm³/mol. The van der Waals surface area contributed by atoms with Gasteiger partial charge in [0.1, 0.15) is 0 Å². The molecule has 0 fully saturated rings. The highest BCUT2D eigenvalue weighted by molar-refractivity contribution is 9.10. The molecular weight excluding hydrogens is 244 g/mol. The third-order valence-corrected chi connectivity index (χ3v) is 3.07. The summed E-state index contributed by atoms with van der Waals surface area (Å²) in [5, 5.41) is 0.0108. The van der Waals surface area contributed by atoms with Crippen LogP contribution in [-0.2, 0) is 9.84 Å². The lowest BCUT2D eigenvalue weighted by Gasteiger charge is -2.00. The lowest BCUT2D eigenvalue weighted by Crippen LogP contribution is -2.02. The fraction of sp³-hybridized carbons (Fsp3) is 0.167. The minimum absolute atomic E-state index is 0.0108. The number of pyridine rings is 1. The highest BCUT2D eigenvalue weighted by Crippen LogP contribution is 2.20. The minimum Gasteiger partial charge on any atom is -0.397 e. The molecule has 0 bridgehead atoms. The Balaban J connectivity index is 3.39. The monoisotopic (exact) mass is 250 g/mol. The summed E-state index contributed by atoms with van der Waals surface area (Å²) in [6.07, 6.45) is 2.40. The van der Waals surface area contributed by atoms with Crippen molar-refractivity contribution in [3.63, 3.8) is 0 Å². The fourth-order valence-electron chi connectivity index (χ4n) is 0.713. The van der Waals surface area contributed by atoms with E-state index in [4.69, 9.17) is 5.73 Å². The Bertz CT molecular complexity index is 402. The molecule has 0 spiro atoms. The van der Waals surface area contributed by atoms with Gasteiger partial charge in [-0.1, -0.05) is 0 Å². The zero-order chi connectivity index (χ0) is 9.35. The smallest absolute Gasteiger partial charge is 0.193 e. The van der Waals surface area contributed by atoms with Gasteiger partial charge in [0.2, 0.25) is 0 Å². The summed E-state index contributed by atoms with van der Waals surface area (Å²) in [4.78, 5) is 3.69. The van der Waals surface area contributed by atoms with Crippen LogP contribution >= 0.6 is 15.9 Å². The van der Waals surface area contributed by atoms with Crippen molar-refractivity contribution >= 4 is 31.5 Å². The summed E-state index contributed by atoms with van der Waals surface area (Å²) in [7, 11) is -3.26. The van der Waals surface area contributed by atoms with Gasteiger partial charge < -0.3 is 5.73 Å². The van der Waals surface area contributed by atoms with E-state index in [1.807, 2.05) is 0 Å². The topological polar surface area (TPSA) is 73.0 Å². The molecule has 6 heteroatoms. The second-order valence-electron chi connectivity index (χ2n) is 2.33. The SMILES string of the molecule is CS(=O)(=O)c1ncc(N)cc1Br. The van der Waals surface area contributed by atoms with Gasteiger partial charge in [0.25, 0.3) is 0 Å². The van der Waals surface area contributed by atoms with E-state index in [-0.39, 0.29) is 5.03 Å². The van der Waals surface area contributed by atoms with Gasteiger partial charge in [-0.25, -0.2) is 13.4 Å². The maximum Gasteiger partial charge on any atom is 0.193 e. The van der Waals surface area contributed by atoms with Gasteiger partial charge in [-0.3, -0.25) is 0 Å². The Morgan fingerprint density at radius 1 is 1.58 bits per heavy atom.